The van der Waals surface area contributed by atoms with Gasteiger partial charge in [0.05, 0.1) is 6.10 Å². The second-order valence-corrected chi connectivity index (χ2v) is 13.0. The highest BCUT2D eigenvalue weighted by atomic mass is 16.3. The second-order valence-electron chi connectivity index (χ2n) is 13.0. The fourth-order valence-corrected chi connectivity index (χ4v) is 8.48. The van der Waals surface area contributed by atoms with Gasteiger partial charge in [-0.2, -0.15) is 0 Å². The summed E-state index contributed by atoms with van der Waals surface area (Å²) in [6, 6.07) is 0. The maximum absolute atomic E-state index is 10.8. The van der Waals surface area contributed by atoms with Crippen LogP contribution in [0, 0.1) is 39.9 Å². The number of hydrogen-bond donors (Lipinski definition) is 1. The Balaban J connectivity index is 1.58. The van der Waals surface area contributed by atoms with Crippen molar-refractivity contribution in [1.29, 1.82) is 0 Å². The normalized spacial score (nSPS) is 40.2. The van der Waals surface area contributed by atoms with Crippen molar-refractivity contribution >= 4 is 0 Å². The Morgan fingerprint density at radius 3 is 2.45 bits per heavy atom. The van der Waals surface area contributed by atoms with E-state index in [-0.39, 0.29) is 16.9 Å². The topological polar surface area (TPSA) is 20.2 Å². The van der Waals surface area contributed by atoms with Crippen LogP contribution >= 0.6 is 0 Å². The van der Waals surface area contributed by atoms with E-state index in [1.807, 2.05) is 0 Å². The van der Waals surface area contributed by atoms with Gasteiger partial charge in [0.15, 0.2) is 0 Å². The zero-order valence-electron chi connectivity index (χ0n) is 21.5. The van der Waals surface area contributed by atoms with Crippen LogP contribution in [0.4, 0.5) is 0 Å². The van der Waals surface area contributed by atoms with E-state index in [1.54, 1.807) is 16.7 Å². The van der Waals surface area contributed by atoms with Gasteiger partial charge in [-0.3, -0.25) is 0 Å². The van der Waals surface area contributed by atoms with Gasteiger partial charge in [0.25, 0.3) is 0 Å². The predicted octanol–water partition coefficient (Wildman–Crippen LogP) is 8.26. The lowest BCUT2D eigenvalue weighted by Crippen LogP contribution is -2.53. The molecule has 4 aliphatic carbocycles. The van der Waals surface area contributed by atoms with Crippen molar-refractivity contribution in [2.24, 2.45) is 39.9 Å². The lowest BCUT2D eigenvalue weighted by atomic mass is 9.46. The average Bonchev–Trinajstić information content (AvgIpc) is 3.06. The number of rotatable bonds is 5. The largest absolute Gasteiger partial charge is 0.393 e. The van der Waals surface area contributed by atoms with Crippen molar-refractivity contribution in [1.82, 2.24) is 0 Å². The van der Waals surface area contributed by atoms with Crippen LogP contribution < -0.4 is 0 Å². The van der Waals surface area contributed by atoms with Gasteiger partial charge in [-0.05, 0) is 109 Å². The molecule has 0 amide bonds. The Morgan fingerprint density at radius 2 is 1.77 bits per heavy atom. The molecule has 0 aromatic carbocycles. The van der Waals surface area contributed by atoms with Crippen molar-refractivity contribution in [2.75, 3.05) is 0 Å². The number of aliphatic hydroxyl groups excluding tert-OH is 1. The van der Waals surface area contributed by atoms with Crippen LogP contribution in [0.1, 0.15) is 106 Å². The molecule has 31 heavy (non-hydrogen) atoms. The molecular weight excluding hydrogens is 376 g/mol. The molecule has 6 atom stereocenters. The van der Waals surface area contributed by atoms with Gasteiger partial charge in [0.1, 0.15) is 0 Å². The SMILES string of the molecule is C=C(CC[C@@H](C)[C@H]1CC=C2C3=C(CC[C@@]21C)[C@@]1(C)CC[C@H](O)C(C)(C)C1CC3)C(C)C. The molecule has 1 saturated carbocycles. The van der Waals surface area contributed by atoms with E-state index in [4.69, 9.17) is 0 Å². The lowest BCUT2D eigenvalue weighted by Gasteiger charge is -2.59. The van der Waals surface area contributed by atoms with Crippen LogP contribution in [0.15, 0.2) is 34.9 Å². The van der Waals surface area contributed by atoms with Crippen LogP contribution in [-0.2, 0) is 0 Å². The Bertz CT molecular complexity index is 795. The monoisotopic (exact) mass is 424 g/mol. The highest BCUT2D eigenvalue weighted by molar-refractivity contribution is 5.49. The summed E-state index contributed by atoms with van der Waals surface area (Å²) in [5.74, 6) is 2.76. The molecule has 1 fully saturated rings. The number of fused-ring (bicyclic) bond motifs is 4. The van der Waals surface area contributed by atoms with E-state index in [1.165, 1.54) is 56.9 Å². The van der Waals surface area contributed by atoms with Gasteiger partial charge >= 0.3 is 0 Å². The highest BCUT2D eigenvalue weighted by Gasteiger charge is 2.57. The molecule has 0 bridgehead atoms. The van der Waals surface area contributed by atoms with Crippen LogP contribution in [0.25, 0.3) is 0 Å². The maximum Gasteiger partial charge on any atom is 0.0594 e. The fraction of sp³-hybridized carbons (Fsp3) is 0.800. The van der Waals surface area contributed by atoms with Crippen LogP contribution in [0.2, 0.25) is 0 Å². The fourth-order valence-electron chi connectivity index (χ4n) is 8.48. The van der Waals surface area contributed by atoms with E-state index in [2.05, 4.69) is 61.1 Å². The second kappa shape index (κ2) is 7.89. The summed E-state index contributed by atoms with van der Waals surface area (Å²) in [6.07, 6.45) is 13.5. The molecule has 1 nitrogen and oxygen atoms in total. The molecule has 4 rings (SSSR count). The molecule has 0 heterocycles. The summed E-state index contributed by atoms with van der Waals surface area (Å²) >= 11 is 0. The number of allylic oxidation sites excluding steroid dienone is 5. The van der Waals surface area contributed by atoms with Crippen molar-refractivity contribution in [3.05, 3.63) is 34.9 Å². The molecule has 4 aliphatic rings. The third-order valence-electron chi connectivity index (χ3n) is 10.9. The van der Waals surface area contributed by atoms with Crippen LogP contribution in [-0.4, -0.2) is 11.2 Å². The summed E-state index contributed by atoms with van der Waals surface area (Å²) < 4.78 is 0. The smallest absolute Gasteiger partial charge is 0.0594 e. The third kappa shape index (κ3) is 3.53. The molecule has 0 aromatic heterocycles. The van der Waals surface area contributed by atoms with Crippen LogP contribution in [0.5, 0.6) is 0 Å². The average molecular weight is 425 g/mol. The summed E-state index contributed by atoms with van der Waals surface area (Å²) in [7, 11) is 0. The first-order chi connectivity index (χ1) is 14.4. The minimum Gasteiger partial charge on any atom is -0.393 e. The zero-order chi connectivity index (χ0) is 22.8. The number of hydrogen-bond acceptors (Lipinski definition) is 1. The van der Waals surface area contributed by atoms with Gasteiger partial charge in [0, 0.05) is 0 Å². The molecule has 0 aromatic rings. The van der Waals surface area contributed by atoms with E-state index >= 15 is 0 Å². The minimum atomic E-state index is -0.141. The van der Waals surface area contributed by atoms with E-state index in [0.717, 1.165) is 18.3 Å². The molecule has 1 unspecified atom stereocenters. The molecule has 0 radical (unpaired) electrons. The van der Waals surface area contributed by atoms with Gasteiger partial charge in [-0.15, -0.1) is 0 Å². The first kappa shape index (κ1) is 23.3. The first-order valence-corrected chi connectivity index (χ1v) is 13.2. The van der Waals surface area contributed by atoms with E-state index in [9.17, 15) is 5.11 Å². The first-order valence-electron chi connectivity index (χ1n) is 13.2. The molecule has 174 valence electrons. The highest BCUT2D eigenvalue weighted by Crippen LogP contribution is 2.66. The van der Waals surface area contributed by atoms with Gasteiger partial charge in [-0.1, -0.05) is 72.3 Å². The van der Waals surface area contributed by atoms with Gasteiger partial charge in [0.2, 0.25) is 0 Å². The molecule has 0 saturated heterocycles. The molecule has 1 N–H and O–H groups in total. The standard InChI is InChI=1S/C30H48O/c1-19(2)20(3)9-10-21(4)23-12-13-24-22-11-14-26-28(5,6)27(31)16-18-30(26,8)25(22)15-17-29(23,24)7/h13,19,21,23,26-27,31H,3,9-12,14-18H2,1-2,4-8H3/t21-,23-,26?,27+,29-,30-/m1/s1. The van der Waals surface area contributed by atoms with Gasteiger partial charge in [-0.25, -0.2) is 0 Å². The van der Waals surface area contributed by atoms with E-state index in [0.29, 0.717) is 17.3 Å². The lowest BCUT2D eigenvalue weighted by molar-refractivity contribution is -0.0905. The summed E-state index contributed by atoms with van der Waals surface area (Å²) in [5, 5.41) is 10.8. The predicted molar refractivity (Wildman–Crippen MR) is 133 cm³/mol. The quantitative estimate of drug-likeness (QED) is 0.440. The third-order valence-corrected chi connectivity index (χ3v) is 10.9. The molecular formula is C30H48O. The summed E-state index contributed by atoms with van der Waals surface area (Å²) in [4.78, 5) is 0. The van der Waals surface area contributed by atoms with Crippen molar-refractivity contribution in [3.63, 3.8) is 0 Å². The van der Waals surface area contributed by atoms with E-state index < -0.39 is 0 Å². The zero-order valence-corrected chi connectivity index (χ0v) is 21.5. The Hall–Kier alpha value is -0.820. The molecule has 0 aliphatic heterocycles. The Kier molecular flexibility index (Phi) is 5.94. The van der Waals surface area contributed by atoms with Crippen molar-refractivity contribution < 1.29 is 5.11 Å². The Morgan fingerprint density at radius 1 is 1.06 bits per heavy atom. The summed E-state index contributed by atoms with van der Waals surface area (Å²) in [5.41, 5.74) is 7.38. The number of aliphatic hydroxyl groups is 1. The molecule has 1 heteroatoms. The maximum atomic E-state index is 10.8. The Labute approximate surface area is 192 Å². The van der Waals surface area contributed by atoms with Crippen LogP contribution in [0.3, 0.4) is 0 Å². The minimum absolute atomic E-state index is 0.0339. The van der Waals surface area contributed by atoms with Crippen molar-refractivity contribution in [2.45, 2.75) is 112 Å². The molecule has 0 spiro atoms. The van der Waals surface area contributed by atoms with Gasteiger partial charge < -0.3 is 5.11 Å². The summed E-state index contributed by atoms with van der Waals surface area (Å²) in [6.45, 7) is 21.2. The van der Waals surface area contributed by atoms with Crippen molar-refractivity contribution in [3.8, 4) is 0 Å².